The Morgan fingerprint density at radius 2 is 1.97 bits per heavy atom. The van der Waals surface area contributed by atoms with Crippen molar-refractivity contribution < 1.29 is 14.2 Å². The number of hydrogen-bond donors (Lipinski definition) is 0. The normalized spacial score (nSPS) is 17.4. The van der Waals surface area contributed by atoms with Gasteiger partial charge in [-0.2, -0.15) is 5.10 Å². The van der Waals surface area contributed by atoms with Crippen molar-refractivity contribution in [2.24, 2.45) is 7.05 Å². The fourth-order valence-corrected chi connectivity index (χ4v) is 4.13. The van der Waals surface area contributed by atoms with Crippen LogP contribution in [-0.4, -0.2) is 66.2 Å². The smallest absolute Gasteiger partial charge is 0.161 e. The van der Waals surface area contributed by atoms with Gasteiger partial charge in [-0.3, -0.25) is 9.58 Å². The SMILES string of the molecule is COc1ccc(-c2cc(C3CC3)c3c(cnn3C)n2)cc1OCCN1CCOCC1. The number of hydrogen-bond acceptors (Lipinski definition) is 6. The van der Waals surface area contributed by atoms with E-state index in [-0.39, 0.29) is 0 Å². The zero-order chi connectivity index (χ0) is 20.5. The maximum absolute atomic E-state index is 6.12. The second kappa shape index (κ2) is 8.24. The topological polar surface area (TPSA) is 61.6 Å². The minimum atomic E-state index is 0.613. The molecule has 7 heteroatoms. The van der Waals surface area contributed by atoms with Gasteiger partial charge >= 0.3 is 0 Å². The van der Waals surface area contributed by atoms with Gasteiger partial charge in [0.1, 0.15) is 12.1 Å². The Labute approximate surface area is 176 Å². The van der Waals surface area contributed by atoms with Crippen LogP contribution in [0.3, 0.4) is 0 Å². The lowest BCUT2D eigenvalue weighted by Crippen LogP contribution is -2.38. The molecule has 30 heavy (non-hydrogen) atoms. The zero-order valence-electron chi connectivity index (χ0n) is 17.6. The molecule has 2 aromatic heterocycles. The Balaban J connectivity index is 1.41. The molecule has 0 spiro atoms. The van der Waals surface area contributed by atoms with Crippen LogP contribution in [-0.2, 0) is 11.8 Å². The molecule has 158 valence electrons. The highest BCUT2D eigenvalue weighted by Gasteiger charge is 2.28. The summed E-state index contributed by atoms with van der Waals surface area (Å²) in [6.07, 6.45) is 4.33. The summed E-state index contributed by atoms with van der Waals surface area (Å²) in [5, 5.41) is 4.43. The molecule has 3 aromatic rings. The summed E-state index contributed by atoms with van der Waals surface area (Å²) in [7, 11) is 3.67. The molecule has 1 aromatic carbocycles. The van der Waals surface area contributed by atoms with Crippen LogP contribution >= 0.6 is 0 Å². The molecule has 2 aliphatic rings. The lowest BCUT2D eigenvalue weighted by molar-refractivity contribution is 0.0321. The van der Waals surface area contributed by atoms with E-state index in [2.05, 4.69) is 22.1 Å². The first-order chi connectivity index (χ1) is 14.7. The third kappa shape index (κ3) is 3.87. The van der Waals surface area contributed by atoms with Gasteiger partial charge in [0.2, 0.25) is 0 Å². The number of aryl methyl sites for hydroxylation is 1. The molecule has 0 N–H and O–H groups in total. The van der Waals surface area contributed by atoms with Crippen LogP contribution in [0.15, 0.2) is 30.5 Å². The van der Waals surface area contributed by atoms with Crippen LogP contribution in [0.4, 0.5) is 0 Å². The first-order valence-electron chi connectivity index (χ1n) is 10.7. The van der Waals surface area contributed by atoms with Gasteiger partial charge in [-0.25, -0.2) is 4.98 Å². The first kappa shape index (κ1) is 19.3. The second-order valence-electron chi connectivity index (χ2n) is 8.04. The Morgan fingerprint density at radius 1 is 1.13 bits per heavy atom. The summed E-state index contributed by atoms with van der Waals surface area (Å²) in [5.74, 6) is 2.11. The molecule has 0 amide bonds. The molecule has 0 unspecified atom stereocenters. The number of ether oxygens (including phenoxy) is 3. The van der Waals surface area contributed by atoms with Crippen LogP contribution in [0, 0.1) is 0 Å². The van der Waals surface area contributed by atoms with Crippen LogP contribution in [0.2, 0.25) is 0 Å². The van der Waals surface area contributed by atoms with E-state index < -0.39 is 0 Å². The van der Waals surface area contributed by atoms with E-state index in [1.807, 2.05) is 30.1 Å². The van der Waals surface area contributed by atoms with Gasteiger partial charge in [-0.1, -0.05) is 0 Å². The molecule has 7 nitrogen and oxygen atoms in total. The summed E-state index contributed by atoms with van der Waals surface area (Å²) in [6.45, 7) is 5.00. The van der Waals surface area contributed by atoms with Gasteiger partial charge in [-0.05, 0) is 48.6 Å². The largest absolute Gasteiger partial charge is 0.493 e. The van der Waals surface area contributed by atoms with Crippen LogP contribution < -0.4 is 9.47 Å². The van der Waals surface area contributed by atoms with Crippen LogP contribution in [0.25, 0.3) is 22.3 Å². The van der Waals surface area contributed by atoms with Crippen molar-refractivity contribution in [2.75, 3.05) is 46.6 Å². The number of benzene rings is 1. The fourth-order valence-electron chi connectivity index (χ4n) is 4.13. The summed E-state index contributed by atoms with van der Waals surface area (Å²) < 4.78 is 19.0. The number of aromatic nitrogens is 3. The van der Waals surface area contributed by atoms with E-state index >= 15 is 0 Å². The number of pyridine rings is 1. The van der Waals surface area contributed by atoms with Crippen molar-refractivity contribution in [3.63, 3.8) is 0 Å². The lowest BCUT2D eigenvalue weighted by Gasteiger charge is -2.26. The number of morpholine rings is 1. The van der Waals surface area contributed by atoms with Crippen molar-refractivity contribution in [1.29, 1.82) is 0 Å². The van der Waals surface area contributed by atoms with E-state index in [4.69, 9.17) is 19.2 Å². The minimum absolute atomic E-state index is 0.613. The van der Waals surface area contributed by atoms with Crippen molar-refractivity contribution in [2.45, 2.75) is 18.8 Å². The number of nitrogens with zero attached hydrogens (tertiary/aromatic N) is 4. The standard InChI is InChI=1S/C23H28N4O3/c1-26-23-18(16-3-4-16)14-19(25-20(23)15-24-26)17-5-6-21(28-2)22(13-17)30-12-9-27-7-10-29-11-8-27/h5-6,13-16H,3-4,7-12H2,1-2H3. The maximum atomic E-state index is 6.12. The predicted molar refractivity (Wildman–Crippen MR) is 115 cm³/mol. The molecule has 0 bridgehead atoms. The lowest BCUT2D eigenvalue weighted by atomic mass is 10.0. The van der Waals surface area contributed by atoms with Crippen molar-refractivity contribution in [1.82, 2.24) is 19.7 Å². The molecule has 0 atom stereocenters. The molecule has 1 aliphatic carbocycles. The predicted octanol–water partition coefficient (Wildman–Crippen LogP) is 3.23. The van der Waals surface area contributed by atoms with E-state index in [9.17, 15) is 0 Å². The third-order valence-corrected chi connectivity index (χ3v) is 5.97. The van der Waals surface area contributed by atoms with E-state index in [0.717, 1.165) is 66.6 Å². The quantitative estimate of drug-likeness (QED) is 0.598. The van der Waals surface area contributed by atoms with E-state index in [1.165, 1.54) is 18.4 Å². The Morgan fingerprint density at radius 3 is 2.73 bits per heavy atom. The molecular weight excluding hydrogens is 380 g/mol. The van der Waals surface area contributed by atoms with Crippen molar-refractivity contribution in [3.05, 3.63) is 36.0 Å². The zero-order valence-corrected chi connectivity index (χ0v) is 17.6. The monoisotopic (exact) mass is 408 g/mol. The highest BCUT2D eigenvalue weighted by atomic mass is 16.5. The maximum Gasteiger partial charge on any atom is 0.161 e. The van der Waals surface area contributed by atoms with Crippen LogP contribution in [0.1, 0.15) is 24.3 Å². The molecule has 0 radical (unpaired) electrons. The van der Waals surface area contributed by atoms with Gasteiger partial charge in [0.05, 0.1) is 37.7 Å². The molecule has 1 aliphatic heterocycles. The number of fused-ring (bicyclic) bond motifs is 1. The molecule has 1 saturated carbocycles. The van der Waals surface area contributed by atoms with Gasteiger partial charge in [0, 0.05) is 32.2 Å². The first-order valence-corrected chi connectivity index (χ1v) is 10.7. The second-order valence-corrected chi connectivity index (χ2v) is 8.04. The number of methoxy groups -OCH3 is 1. The summed E-state index contributed by atoms with van der Waals surface area (Å²) in [5.41, 5.74) is 5.43. The van der Waals surface area contributed by atoms with E-state index in [0.29, 0.717) is 12.5 Å². The third-order valence-electron chi connectivity index (χ3n) is 5.97. The Hall–Kier alpha value is -2.64. The van der Waals surface area contributed by atoms with Crippen LogP contribution in [0.5, 0.6) is 11.5 Å². The molecule has 5 rings (SSSR count). The highest BCUT2D eigenvalue weighted by Crippen LogP contribution is 2.44. The van der Waals surface area contributed by atoms with Gasteiger partial charge in [0.15, 0.2) is 11.5 Å². The highest BCUT2D eigenvalue weighted by molar-refractivity contribution is 5.83. The Bertz CT molecular complexity index is 1040. The summed E-state index contributed by atoms with van der Waals surface area (Å²) in [6, 6.07) is 8.28. The number of rotatable bonds is 7. The van der Waals surface area contributed by atoms with Gasteiger partial charge in [-0.15, -0.1) is 0 Å². The minimum Gasteiger partial charge on any atom is -0.493 e. The summed E-state index contributed by atoms with van der Waals surface area (Å²) in [4.78, 5) is 7.25. The average Bonchev–Trinajstić information content (AvgIpc) is 3.57. The van der Waals surface area contributed by atoms with E-state index in [1.54, 1.807) is 7.11 Å². The van der Waals surface area contributed by atoms with Gasteiger partial charge in [0.25, 0.3) is 0 Å². The molecule has 3 heterocycles. The van der Waals surface area contributed by atoms with Crippen molar-refractivity contribution in [3.8, 4) is 22.8 Å². The molecule has 1 saturated heterocycles. The van der Waals surface area contributed by atoms with Gasteiger partial charge < -0.3 is 14.2 Å². The molecule has 2 fully saturated rings. The summed E-state index contributed by atoms with van der Waals surface area (Å²) >= 11 is 0. The average molecular weight is 409 g/mol. The Kier molecular flexibility index (Phi) is 5.31. The fraction of sp³-hybridized carbons (Fsp3) is 0.478. The van der Waals surface area contributed by atoms with Crippen molar-refractivity contribution >= 4 is 11.0 Å². The molecular formula is C23H28N4O3.